The van der Waals surface area contributed by atoms with Crippen LogP contribution in [0.25, 0.3) is 0 Å². The van der Waals surface area contributed by atoms with Crippen LogP contribution in [-0.2, 0) is 0 Å². The van der Waals surface area contributed by atoms with Crippen LogP contribution in [0.2, 0.25) is 0 Å². The molecule has 0 heterocycles. The Morgan fingerprint density at radius 1 is 1.36 bits per heavy atom. The standard InChI is InChI=1S/C10H20O/c1-7(2)9-5-4-8(3)10(9)6-11/h7-11H,4-6H2,1-3H3. The number of aliphatic hydroxyl groups excluding tert-OH is 1. The summed E-state index contributed by atoms with van der Waals surface area (Å²) in [6.07, 6.45) is 2.64. The van der Waals surface area contributed by atoms with E-state index in [4.69, 9.17) is 5.11 Å². The van der Waals surface area contributed by atoms with Gasteiger partial charge in [-0.1, -0.05) is 27.2 Å². The lowest BCUT2D eigenvalue weighted by molar-refractivity contribution is 0.144. The number of hydrogen-bond donors (Lipinski definition) is 1. The molecule has 1 N–H and O–H groups in total. The van der Waals surface area contributed by atoms with Crippen LogP contribution in [-0.4, -0.2) is 11.7 Å². The summed E-state index contributed by atoms with van der Waals surface area (Å²) in [4.78, 5) is 0. The molecule has 0 aromatic heterocycles. The molecule has 11 heavy (non-hydrogen) atoms. The molecule has 1 aliphatic rings. The zero-order valence-corrected chi connectivity index (χ0v) is 7.88. The summed E-state index contributed by atoms with van der Waals surface area (Å²) in [6, 6.07) is 0. The van der Waals surface area contributed by atoms with Gasteiger partial charge in [0.1, 0.15) is 0 Å². The van der Waals surface area contributed by atoms with E-state index in [-0.39, 0.29) is 0 Å². The fourth-order valence-corrected chi connectivity index (χ4v) is 2.45. The summed E-state index contributed by atoms with van der Waals surface area (Å²) in [6.45, 7) is 7.20. The summed E-state index contributed by atoms with van der Waals surface area (Å²) in [5.41, 5.74) is 0. The Labute approximate surface area is 69.8 Å². The van der Waals surface area contributed by atoms with Crippen LogP contribution in [0.4, 0.5) is 0 Å². The highest BCUT2D eigenvalue weighted by molar-refractivity contribution is 4.83. The fraction of sp³-hybridized carbons (Fsp3) is 1.00. The summed E-state index contributed by atoms with van der Waals surface area (Å²) >= 11 is 0. The lowest BCUT2D eigenvalue weighted by atomic mass is 9.84. The summed E-state index contributed by atoms with van der Waals surface area (Å²) in [5.74, 6) is 2.84. The van der Waals surface area contributed by atoms with Crippen molar-refractivity contribution in [3.8, 4) is 0 Å². The van der Waals surface area contributed by atoms with Crippen LogP contribution < -0.4 is 0 Å². The van der Waals surface area contributed by atoms with E-state index in [0.717, 1.165) is 17.8 Å². The SMILES string of the molecule is CC(C)C1CCC(C)C1CO. The Bertz CT molecular complexity index is 120. The van der Waals surface area contributed by atoms with Crippen molar-refractivity contribution in [2.24, 2.45) is 23.7 Å². The molecule has 0 aromatic carbocycles. The molecular formula is C10H20O. The first-order valence-electron chi connectivity index (χ1n) is 4.77. The van der Waals surface area contributed by atoms with E-state index in [2.05, 4.69) is 20.8 Å². The molecule has 0 bridgehead atoms. The van der Waals surface area contributed by atoms with E-state index < -0.39 is 0 Å². The number of rotatable bonds is 2. The molecule has 0 aliphatic heterocycles. The van der Waals surface area contributed by atoms with E-state index in [1.165, 1.54) is 12.8 Å². The van der Waals surface area contributed by atoms with E-state index in [9.17, 15) is 0 Å². The molecule has 1 heteroatoms. The van der Waals surface area contributed by atoms with E-state index in [1.54, 1.807) is 0 Å². The van der Waals surface area contributed by atoms with Gasteiger partial charge in [-0.2, -0.15) is 0 Å². The van der Waals surface area contributed by atoms with Gasteiger partial charge in [-0.15, -0.1) is 0 Å². The highest BCUT2D eigenvalue weighted by Gasteiger charge is 2.34. The maximum Gasteiger partial charge on any atom is 0.0464 e. The highest BCUT2D eigenvalue weighted by atomic mass is 16.3. The first-order valence-corrected chi connectivity index (χ1v) is 4.77. The van der Waals surface area contributed by atoms with Crippen LogP contribution in [0.5, 0.6) is 0 Å². The van der Waals surface area contributed by atoms with Gasteiger partial charge in [0, 0.05) is 6.61 Å². The third kappa shape index (κ3) is 1.76. The van der Waals surface area contributed by atoms with Crippen molar-refractivity contribution in [3.05, 3.63) is 0 Å². The molecule has 1 rings (SSSR count). The van der Waals surface area contributed by atoms with E-state index in [0.29, 0.717) is 12.5 Å². The summed E-state index contributed by atoms with van der Waals surface area (Å²) in [7, 11) is 0. The molecule has 3 atom stereocenters. The topological polar surface area (TPSA) is 20.2 Å². The predicted octanol–water partition coefficient (Wildman–Crippen LogP) is 2.30. The Hall–Kier alpha value is -0.0400. The van der Waals surface area contributed by atoms with Gasteiger partial charge in [-0.05, 0) is 30.1 Å². The third-order valence-corrected chi connectivity index (χ3v) is 3.30. The Morgan fingerprint density at radius 2 is 2.00 bits per heavy atom. The first-order chi connectivity index (χ1) is 5.16. The minimum atomic E-state index is 0.393. The Kier molecular flexibility index (Phi) is 2.94. The van der Waals surface area contributed by atoms with Crippen molar-refractivity contribution >= 4 is 0 Å². The van der Waals surface area contributed by atoms with Crippen LogP contribution in [0, 0.1) is 23.7 Å². The number of hydrogen-bond acceptors (Lipinski definition) is 1. The average molecular weight is 156 g/mol. The summed E-state index contributed by atoms with van der Waals surface area (Å²) in [5, 5.41) is 9.16. The predicted molar refractivity (Wildman–Crippen MR) is 47.3 cm³/mol. The molecule has 0 saturated heterocycles. The zero-order chi connectivity index (χ0) is 8.43. The van der Waals surface area contributed by atoms with Crippen molar-refractivity contribution in [2.75, 3.05) is 6.61 Å². The molecule has 3 unspecified atom stereocenters. The first kappa shape index (κ1) is 9.05. The van der Waals surface area contributed by atoms with Gasteiger partial charge in [-0.25, -0.2) is 0 Å². The molecule has 1 aliphatic carbocycles. The van der Waals surface area contributed by atoms with Gasteiger partial charge in [0.05, 0.1) is 0 Å². The van der Waals surface area contributed by atoms with Gasteiger partial charge in [0.15, 0.2) is 0 Å². The second kappa shape index (κ2) is 3.57. The van der Waals surface area contributed by atoms with Crippen molar-refractivity contribution in [1.29, 1.82) is 0 Å². The molecule has 0 spiro atoms. The molecule has 1 fully saturated rings. The van der Waals surface area contributed by atoms with Gasteiger partial charge >= 0.3 is 0 Å². The van der Waals surface area contributed by atoms with Crippen molar-refractivity contribution in [2.45, 2.75) is 33.6 Å². The largest absolute Gasteiger partial charge is 0.396 e. The minimum Gasteiger partial charge on any atom is -0.396 e. The molecular weight excluding hydrogens is 136 g/mol. The number of aliphatic hydroxyl groups is 1. The van der Waals surface area contributed by atoms with Crippen LogP contribution in [0.1, 0.15) is 33.6 Å². The van der Waals surface area contributed by atoms with Crippen LogP contribution in [0.15, 0.2) is 0 Å². The van der Waals surface area contributed by atoms with E-state index in [1.807, 2.05) is 0 Å². The lowest BCUT2D eigenvalue weighted by Gasteiger charge is -2.23. The maximum absolute atomic E-state index is 9.16. The van der Waals surface area contributed by atoms with Crippen molar-refractivity contribution in [3.63, 3.8) is 0 Å². The second-order valence-electron chi connectivity index (χ2n) is 4.31. The van der Waals surface area contributed by atoms with Crippen molar-refractivity contribution in [1.82, 2.24) is 0 Å². The Balaban J connectivity index is 2.54. The van der Waals surface area contributed by atoms with Crippen LogP contribution in [0.3, 0.4) is 0 Å². The molecule has 1 nitrogen and oxygen atoms in total. The highest BCUT2D eigenvalue weighted by Crippen LogP contribution is 2.40. The Morgan fingerprint density at radius 3 is 2.36 bits per heavy atom. The minimum absolute atomic E-state index is 0.393. The van der Waals surface area contributed by atoms with Gasteiger partial charge in [0.25, 0.3) is 0 Å². The maximum atomic E-state index is 9.16. The summed E-state index contributed by atoms with van der Waals surface area (Å²) < 4.78 is 0. The average Bonchev–Trinajstić information content (AvgIpc) is 2.30. The van der Waals surface area contributed by atoms with Crippen LogP contribution >= 0.6 is 0 Å². The zero-order valence-electron chi connectivity index (χ0n) is 7.88. The molecule has 0 aromatic rings. The van der Waals surface area contributed by atoms with Gasteiger partial charge in [0.2, 0.25) is 0 Å². The molecule has 0 radical (unpaired) electrons. The van der Waals surface area contributed by atoms with E-state index >= 15 is 0 Å². The smallest absolute Gasteiger partial charge is 0.0464 e. The normalized spacial score (nSPS) is 38.5. The van der Waals surface area contributed by atoms with Gasteiger partial charge in [-0.3, -0.25) is 0 Å². The second-order valence-corrected chi connectivity index (χ2v) is 4.31. The molecule has 66 valence electrons. The van der Waals surface area contributed by atoms with Crippen molar-refractivity contribution < 1.29 is 5.11 Å². The van der Waals surface area contributed by atoms with Gasteiger partial charge < -0.3 is 5.11 Å². The third-order valence-electron chi connectivity index (χ3n) is 3.30. The monoisotopic (exact) mass is 156 g/mol. The quantitative estimate of drug-likeness (QED) is 0.650. The molecule has 0 amide bonds. The fourth-order valence-electron chi connectivity index (χ4n) is 2.45. The molecule has 1 saturated carbocycles. The lowest BCUT2D eigenvalue weighted by Crippen LogP contribution is -2.21.